The molecule has 0 N–H and O–H groups in total. The first-order valence-corrected chi connectivity index (χ1v) is 18.6. The maximum Gasteiger partial charge on any atom is 2.00 e. The fourth-order valence-corrected chi connectivity index (χ4v) is 7.64. The van der Waals surface area contributed by atoms with E-state index in [-0.39, 0.29) is 43.7 Å². The van der Waals surface area contributed by atoms with Crippen molar-refractivity contribution in [2.75, 3.05) is 4.90 Å². The van der Waals surface area contributed by atoms with Gasteiger partial charge in [0, 0.05) is 23.4 Å². The van der Waals surface area contributed by atoms with Gasteiger partial charge in [0.1, 0.15) is 17.3 Å². The second-order valence-corrected chi connectivity index (χ2v) is 16.9. The molecule has 2 atom stereocenters. The predicted octanol–water partition coefficient (Wildman–Crippen LogP) is 12.1. The number of para-hydroxylation sites is 1. The van der Waals surface area contributed by atoms with Crippen molar-refractivity contribution in [3.8, 4) is 11.5 Å². The summed E-state index contributed by atoms with van der Waals surface area (Å²) in [4.78, 5) is 12.5. The Hall–Kier alpha value is -4.21. The van der Waals surface area contributed by atoms with Crippen LogP contribution >= 0.6 is 0 Å². The Morgan fingerprint density at radius 3 is 2.15 bits per heavy atom. The number of anilines is 3. The van der Waals surface area contributed by atoms with Crippen LogP contribution in [0.3, 0.4) is 0 Å². The van der Waals surface area contributed by atoms with Gasteiger partial charge < -0.3 is 14.4 Å². The maximum atomic E-state index is 6.91. The van der Waals surface area contributed by atoms with Gasteiger partial charge in [0.25, 0.3) is 0 Å². The van der Waals surface area contributed by atoms with Crippen LogP contribution in [0.5, 0.6) is 11.5 Å². The van der Waals surface area contributed by atoms with Gasteiger partial charge in [0.2, 0.25) is 0 Å². The average Bonchev–Trinajstić information content (AvgIpc) is 3.40. The van der Waals surface area contributed by atoms with E-state index in [0.29, 0.717) is 17.4 Å². The van der Waals surface area contributed by atoms with E-state index in [1.165, 1.54) is 11.1 Å². The second kappa shape index (κ2) is 13.9. The third-order valence-electron chi connectivity index (χ3n) is 11.5. The van der Waals surface area contributed by atoms with Crippen molar-refractivity contribution in [2.45, 2.75) is 104 Å². The number of rotatable bonds is 7. The molecule has 0 spiro atoms. The summed E-state index contributed by atoms with van der Waals surface area (Å²) < 4.78 is 13.6. The fraction of sp³-hybridized carbons (Fsp3) is 0.362. The molecule has 1 aromatic heterocycles. The molecule has 0 saturated heterocycles. The van der Waals surface area contributed by atoms with Gasteiger partial charge in [-0.1, -0.05) is 134 Å². The number of benzene rings is 4. The Balaban J connectivity index is 0.00000481. The molecular formula is C47H51N3O2Pt. The molecule has 0 amide bonds. The monoisotopic (exact) mass is 884 g/mol. The number of pyridine rings is 1. The van der Waals surface area contributed by atoms with Crippen LogP contribution in [0.15, 0.2) is 102 Å². The Morgan fingerprint density at radius 2 is 1.47 bits per heavy atom. The molecule has 6 heteroatoms. The van der Waals surface area contributed by atoms with E-state index in [9.17, 15) is 0 Å². The topological polar surface area (TPSA) is 47.0 Å². The van der Waals surface area contributed by atoms with Crippen LogP contribution in [0, 0.1) is 18.1 Å². The van der Waals surface area contributed by atoms with Gasteiger partial charge in [-0.25, -0.2) is 4.98 Å². The molecule has 2 aliphatic rings. The minimum Gasteiger partial charge on any atom is -0.508 e. The smallest absolute Gasteiger partial charge is 0.508 e. The number of fused-ring (bicyclic) bond motifs is 2. The first-order valence-electron chi connectivity index (χ1n) is 18.6. The number of hydrogen-bond donors (Lipinski definition) is 0. The first-order chi connectivity index (χ1) is 24.5. The molecule has 2 aliphatic heterocycles. The normalized spacial score (nSPS) is 20.3. The number of nitrogens with zero attached hydrogens (tertiary/aromatic N) is 3. The molecule has 276 valence electrons. The molecule has 0 fully saturated rings. The molecule has 0 radical (unpaired) electrons. The Kier molecular flexibility index (Phi) is 10.1. The number of hydrogen-bond acceptors (Lipinski definition) is 5. The van der Waals surface area contributed by atoms with Crippen LogP contribution in [-0.2, 0) is 42.2 Å². The van der Waals surface area contributed by atoms with Crippen molar-refractivity contribution < 1.29 is 30.5 Å². The summed E-state index contributed by atoms with van der Waals surface area (Å²) in [5.74, 6) is 3.10. The van der Waals surface area contributed by atoms with Crippen molar-refractivity contribution in [1.82, 2.24) is 4.98 Å². The van der Waals surface area contributed by atoms with Crippen molar-refractivity contribution >= 4 is 23.1 Å². The zero-order valence-corrected chi connectivity index (χ0v) is 35.1. The maximum absolute atomic E-state index is 6.91. The summed E-state index contributed by atoms with van der Waals surface area (Å²) in [7, 11) is 0. The van der Waals surface area contributed by atoms with Gasteiger partial charge in [-0.15, -0.1) is 29.3 Å². The van der Waals surface area contributed by atoms with Crippen LogP contribution in [0.1, 0.15) is 115 Å². The molecule has 4 aromatic carbocycles. The summed E-state index contributed by atoms with van der Waals surface area (Å²) in [5.41, 5.74) is 7.19. The van der Waals surface area contributed by atoms with Crippen molar-refractivity contribution in [2.24, 2.45) is 10.9 Å². The number of aliphatic imine (C=N–C) groups is 1. The van der Waals surface area contributed by atoms with E-state index in [4.69, 9.17) is 19.5 Å². The van der Waals surface area contributed by atoms with E-state index in [1.807, 2.05) is 18.3 Å². The van der Waals surface area contributed by atoms with Gasteiger partial charge in [-0.3, -0.25) is 4.99 Å². The SMILES string of the molecule is CC(C)c1cc(Oc2[c-]c3c(cc2)C(C)(C)c2ccccc2N3c2cc(C(C)(C)C)ccn2)[c-]c(C2=N[C@](C)(C(C)C)[C@@](C)(c3ccccc3)O2)c1.[Pt+2]. The zero-order valence-electron chi connectivity index (χ0n) is 32.9. The second-order valence-electron chi connectivity index (χ2n) is 16.9. The number of aromatic nitrogens is 1. The quantitative estimate of drug-likeness (QED) is 0.153. The van der Waals surface area contributed by atoms with Crippen LogP contribution in [0.2, 0.25) is 0 Å². The van der Waals surface area contributed by atoms with Crippen LogP contribution < -0.4 is 9.64 Å². The van der Waals surface area contributed by atoms with Gasteiger partial charge in [-0.05, 0) is 71.4 Å². The van der Waals surface area contributed by atoms with Gasteiger partial charge in [0.15, 0.2) is 0 Å². The van der Waals surface area contributed by atoms with Crippen molar-refractivity contribution in [1.29, 1.82) is 0 Å². The van der Waals surface area contributed by atoms with E-state index < -0.39 is 11.1 Å². The van der Waals surface area contributed by atoms with E-state index in [0.717, 1.165) is 39.4 Å². The van der Waals surface area contributed by atoms with E-state index in [1.54, 1.807) is 0 Å². The Bertz CT molecular complexity index is 2170. The van der Waals surface area contributed by atoms with Crippen LogP contribution in [-0.4, -0.2) is 16.4 Å². The molecule has 0 aliphatic carbocycles. The third kappa shape index (κ3) is 6.65. The van der Waals surface area contributed by atoms with E-state index >= 15 is 0 Å². The molecule has 0 bridgehead atoms. The molecule has 0 unspecified atom stereocenters. The fourth-order valence-electron chi connectivity index (χ4n) is 7.64. The number of ether oxygens (including phenoxy) is 2. The Labute approximate surface area is 331 Å². The summed E-state index contributed by atoms with van der Waals surface area (Å²) >= 11 is 0. The van der Waals surface area contributed by atoms with Gasteiger partial charge >= 0.3 is 21.1 Å². The molecule has 5 nitrogen and oxygen atoms in total. The standard InChI is InChI=1S/C47H51N3O2.Pt/c1-30(2)32-25-33(43-49-46(10,31(3)4)47(11,52-43)34-17-13-12-14-18-34)27-37(26-32)51-36-21-22-39-41(29-36)50(40-20-16-15-19-38(40)45(39,8)9)42-28-35(23-24-48-42)44(5,6)7;/h12-26,28,30-31H,1-11H3;/q-2;+2/t46-,47-;/m1./s1. The molecular weight excluding hydrogens is 834 g/mol. The Morgan fingerprint density at radius 1 is 0.774 bits per heavy atom. The van der Waals surface area contributed by atoms with E-state index in [2.05, 4.69) is 172 Å². The minimum absolute atomic E-state index is 0. The average molecular weight is 885 g/mol. The van der Waals surface area contributed by atoms with Crippen LogP contribution in [0.4, 0.5) is 17.2 Å². The summed E-state index contributed by atoms with van der Waals surface area (Å²) in [6.07, 6.45) is 1.91. The van der Waals surface area contributed by atoms with Gasteiger partial charge in [0.05, 0.1) is 5.54 Å². The molecule has 53 heavy (non-hydrogen) atoms. The molecule has 5 aromatic rings. The summed E-state index contributed by atoms with van der Waals surface area (Å²) in [6.45, 7) is 24.4. The largest absolute Gasteiger partial charge is 2.00 e. The molecule has 3 heterocycles. The molecule has 0 saturated carbocycles. The summed E-state index contributed by atoms with van der Waals surface area (Å²) in [6, 6.07) is 39.0. The van der Waals surface area contributed by atoms with Gasteiger partial charge in [-0.2, -0.15) is 6.07 Å². The van der Waals surface area contributed by atoms with Crippen molar-refractivity contribution in [3.63, 3.8) is 0 Å². The van der Waals surface area contributed by atoms with Crippen molar-refractivity contribution in [3.05, 3.63) is 143 Å². The predicted molar refractivity (Wildman–Crippen MR) is 213 cm³/mol. The summed E-state index contributed by atoms with van der Waals surface area (Å²) in [5, 5.41) is 0. The third-order valence-corrected chi connectivity index (χ3v) is 11.5. The zero-order chi connectivity index (χ0) is 37.2. The first kappa shape index (κ1) is 38.5. The minimum atomic E-state index is -0.655. The van der Waals surface area contributed by atoms with Crippen LogP contribution in [0.25, 0.3) is 0 Å². The molecule has 7 rings (SSSR count).